The molecule has 0 saturated heterocycles. The summed E-state index contributed by atoms with van der Waals surface area (Å²) in [5.41, 5.74) is 1.08. The lowest BCUT2D eigenvalue weighted by molar-refractivity contribution is -0.121. The Morgan fingerprint density at radius 2 is 2.06 bits per heavy atom. The minimum Gasteiger partial charge on any atom is -0.494 e. The number of alkyl halides is 1. The maximum absolute atomic E-state index is 11.4. The molecule has 1 amide bonds. The van der Waals surface area contributed by atoms with Gasteiger partial charge in [-0.1, -0.05) is 28.1 Å². The molecule has 0 aliphatic heterocycles. The third-order valence-electron chi connectivity index (χ3n) is 2.39. The normalized spacial score (nSPS) is 11.9. The maximum Gasteiger partial charge on any atom is 0.221 e. The molecule has 1 aromatic carbocycles. The molecule has 1 N–H and O–H groups in total. The lowest BCUT2D eigenvalue weighted by atomic mass is 10.1. The molecule has 94 valence electrons. The van der Waals surface area contributed by atoms with Gasteiger partial charge in [-0.2, -0.15) is 0 Å². The summed E-state index contributed by atoms with van der Waals surface area (Å²) < 4.78 is 5.37. The van der Waals surface area contributed by atoms with Crippen LogP contribution in [0.2, 0.25) is 0 Å². The van der Waals surface area contributed by atoms with E-state index in [4.69, 9.17) is 4.74 Å². The van der Waals surface area contributed by atoms with Crippen molar-refractivity contribution in [1.82, 2.24) is 5.32 Å². The number of carbonyl (C=O) groups excluding carboxylic acids is 1. The number of nitrogens with one attached hydrogen (secondary N) is 1. The number of amides is 1. The van der Waals surface area contributed by atoms with Gasteiger partial charge in [-0.05, 0) is 31.5 Å². The molecule has 17 heavy (non-hydrogen) atoms. The van der Waals surface area contributed by atoms with Crippen LogP contribution in [0.25, 0.3) is 0 Å². The van der Waals surface area contributed by atoms with Crippen LogP contribution >= 0.6 is 15.9 Å². The van der Waals surface area contributed by atoms with E-state index < -0.39 is 0 Å². The topological polar surface area (TPSA) is 38.3 Å². The largest absolute Gasteiger partial charge is 0.494 e. The van der Waals surface area contributed by atoms with E-state index in [1.165, 1.54) is 0 Å². The van der Waals surface area contributed by atoms with Crippen molar-refractivity contribution < 1.29 is 9.53 Å². The summed E-state index contributed by atoms with van der Waals surface area (Å²) in [6.07, 6.45) is 0.501. The second kappa shape index (κ2) is 7.33. The summed E-state index contributed by atoms with van der Waals surface area (Å²) in [6, 6.07) is 7.82. The molecular weight excluding hydrogens is 282 g/mol. The fourth-order valence-corrected chi connectivity index (χ4v) is 1.86. The van der Waals surface area contributed by atoms with Gasteiger partial charge in [0, 0.05) is 11.8 Å². The van der Waals surface area contributed by atoms with Crippen LogP contribution in [-0.2, 0) is 4.79 Å². The predicted molar refractivity (Wildman–Crippen MR) is 72.6 cm³/mol. The molecule has 0 fully saturated rings. The Morgan fingerprint density at radius 1 is 1.41 bits per heavy atom. The Hall–Kier alpha value is -1.03. The second-order valence-corrected chi connectivity index (χ2v) is 4.52. The molecule has 0 heterocycles. The Labute approximate surface area is 111 Å². The number of ether oxygens (including phenoxy) is 1. The average Bonchev–Trinajstić information content (AvgIpc) is 2.30. The van der Waals surface area contributed by atoms with E-state index in [0.29, 0.717) is 18.4 Å². The number of hydrogen-bond donors (Lipinski definition) is 1. The molecule has 4 heteroatoms. The van der Waals surface area contributed by atoms with Crippen LogP contribution in [0.15, 0.2) is 24.3 Å². The molecule has 0 aromatic heterocycles. The van der Waals surface area contributed by atoms with Gasteiger partial charge < -0.3 is 10.1 Å². The van der Waals surface area contributed by atoms with Gasteiger partial charge in [-0.25, -0.2) is 0 Å². The van der Waals surface area contributed by atoms with E-state index in [9.17, 15) is 4.79 Å². The number of rotatable bonds is 6. The van der Waals surface area contributed by atoms with Crippen LogP contribution in [0.1, 0.15) is 31.9 Å². The van der Waals surface area contributed by atoms with E-state index in [2.05, 4.69) is 21.2 Å². The minimum atomic E-state index is 0.0252. The van der Waals surface area contributed by atoms with Crippen LogP contribution in [0.3, 0.4) is 0 Å². The molecule has 0 bridgehead atoms. The van der Waals surface area contributed by atoms with Crippen LogP contribution in [0.4, 0.5) is 0 Å². The van der Waals surface area contributed by atoms with Crippen molar-refractivity contribution in [2.45, 2.75) is 26.3 Å². The zero-order chi connectivity index (χ0) is 12.7. The molecule has 0 spiro atoms. The predicted octanol–water partition coefficient (Wildman–Crippen LogP) is 3.05. The van der Waals surface area contributed by atoms with Gasteiger partial charge in [-0.15, -0.1) is 0 Å². The first-order chi connectivity index (χ1) is 8.17. The van der Waals surface area contributed by atoms with Crippen molar-refractivity contribution >= 4 is 21.8 Å². The Balaban J connectivity index is 2.56. The quantitative estimate of drug-likeness (QED) is 0.820. The van der Waals surface area contributed by atoms with E-state index in [1.54, 1.807) is 0 Å². The summed E-state index contributed by atoms with van der Waals surface area (Å²) in [6.45, 7) is 4.59. The Bertz CT molecular complexity index is 351. The van der Waals surface area contributed by atoms with Crippen LogP contribution in [0, 0.1) is 0 Å². The van der Waals surface area contributed by atoms with E-state index in [-0.39, 0.29) is 11.9 Å². The zero-order valence-electron chi connectivity index (χ0n) is 10.2. The molecule has 0 aliphatic carbocycles. The second-order valence-electron chi connectivity index (χ2n) is 3.73. The summed E-state index contributed by atoms with van der Waals surface area (Å²) in [4.78, 5) is 11.4. The van der Waals surface area contributed by atoms with Crippen molar-refractivity contribution in [3.63, 3.8) is 0 Å². The first kappa shape index (κ1) is 14.0. The van der Waals surface area contributed by atoms with Gasteiger partial charge in [0.2, 0.25) is 5.91 Å². The van der Waals surface area contributed by atoms with Crippen LogP contribution in [-0.4, -0.2) is 17.8 Å². The van der Waals surface area contributed by atoms with E-state index >= 15 is 0 Å². The highest BCUT2D eigenvalue weighted by Gasteiger charge is 2.08. The summed E-state index contributed by atoms with van der Waals surface area (Å²) >= 11 is 3.25. The number of benzene rings is 1. The Kier molecular flexibility index (Phi) is 6.05. The number of halogens is 1. The van der Waals surface area contributed by atoms with Gasteiger partial charge in [-0.3, -0.25) is 4.79 Å². The average molecular weight is 300 g/mol. The molecular formula is C13H18BrNO2. The van der Waals surface area contributed by atoms with Crippen molar-refractivity contribution in [3.05, 3.63) is 29.8 Å². The maximum atomic E-state index is 11.4. The molecule has 1 unspecified atom stereocenters. The van der Waals surface area contributed by atoms with Gasteiger partial charge in [0.05, 0.1) is 12.6 Å². The molecule has 1 rings (SSSR count). The molecule has 1 aromatic rings. The molecule has 0 radical (unpaired) electrons. The molecule has 0 aliphatic rings. The molecule has 0 saturated carbocycles. The van der Waals surface area contributed by atoms with Gasteiger partial charge in [0.15, 0.2) is 0 Å². The highest BCUT2D eigenvalue weighted by atomic mass is 79.9. The molecule has 3 nitrogen and oxygen atoms in total. The van der Waals surface area contributed by atoms with Crippen LogP contribution < -0.4 is 10.1 Å². The van der Waals surface area contributed by atoms with Crippen molar-refractivity contribution in [2.75, 3.05) is 11.9 Å². The first-order valence-electron chi connectivity index (χ1n) is 5.75. The van der Waals surface area contributed by atoms with Crippen molar-refractivity contribution in [1.29, 1.82) is 0 Å². The minimum absolute atomic E-state index is 0.0252. The summed E-state index contributed by atoms with van der Waals surface area (Å²) in [5.74, 6) is 0.915. The van der Waals surface area contributed by atoms with E-state index in [1.807, 2.05) is 38.1 Å². The smallest absolute Gasteiger partial charge is 0.221 e. The number of hydrogen-bond acceptors (Lipinski definition) is 2. The van der Waals surface area contributed by atoms with Gasteiger partial charge in [0.25, 0.3) is 0 Å². The van der Waals surface area contributed by atoms with Crippen molar-refractivity contribution in [2.24, 2.45) is 0 Å². The van der Waals surface area contributed by atoms with Gasteiger partial charge in [0.1, 0.15) is 5.75 Å². The van der Waals surface area contributed by atoms with Crippen molar-refractivity contribution in [3.8, 4) is 5.75 Å². The summed E-state index contributed by atoms with van der Waals surface area (Å²) in [7, 11) is 0. The summed E-state index contributed by atoms with van der Waals surface area (Å²) in [5, 5.41) is 3.63. The highest BCUT2D eigenvalue weighted by Crippen LogP contribution is 2.17. The van der Waals surface area contributed by atoms with Crippen LogP contribution in [0.5, 0.6) is 5.75 Å². The standard InChI is InChI=1S/C13H18BrNO2/c1-3-17-12-6-4-11(5-7-12)10(2)15-13(16)8-9-14/h4-7,10H,3,8-9H2,1-2H3,(H,15,16). The zero-order valence-corrected chi connectivity index (χ0v) is 11.8. The third kappa shape index (κ3) is 4.77. The third-order valence-corrected chi connectivity index (χ3v) is 2.79. The fraction of sp³-hybridized carbons (Fsp3) is 0.462. The lowest BCUT2D eigenvalue weighted by Gasteiger charge is -2.14. The van der Waals surface area contributed by atoms with E-state index in [0.717, 1.165) is 11.3 Å². The van der Waals surface area contributed by atoms with Gasteiger partial charge >= 0.3 is 0 Å². The highest BCUT2D eigenvalue weighted by molar-refractivity contribution is 9.09. The Morgan fingerprint density at radius 3 is 2.59 bits per heavy atom. The lowest BCUT2D eigenvalue weighted by Crippen LogP contribution is -2.26. The SMILES string of the molecule is CCOc1ccc(C(C)NC(=O)CCBr)cc1. The monoisotopic (exact) mass is 299 g/mol. The fourth-order valence-electron chi connectivity index (χ4n) is 1.50. The molecule has 1 atom stereocenters. The number of carbonyl (C=O) groups is 1. The first-order valence-corrected chi connectivity index (χ1v) is 6.87.